The number of halogens is 1. The molecule has 0 spiro atoms. The summed E-state index contributed by atoms with van der Waals surface area (Å²) in [6, 6.07) is 0.585. The monoisotopic (exact) mass is 281 g/mol. The van der Waals surface area contributed by atoms with E-state index >= 15 is 0 Å². The fourth-order valence-corrected chi connectivity index (χ4v) is 4.41. The minimum absolute atomic E-state index is 0.585. The van der Waals surface area contributed by atoms with Crippen molar-refractivity contribution in [3.8, 4) is 0 Å². The smallest absolute Gasteiger partial charge is 0.0860 e. The van der Waals surface area contributed by atoms with Crippen molar-refractivity contribution in [2.24, 2.45) is 24.8 Å². The first-order valence-corrected chi connectivity index (χ1v) is 7.85. The van der Waals surface area contributed by atoms with Crippen LogP contribution in [0, 0.1) is 24.7 Å². The van der Waals surface area contributed by atoms with Crippen LogP contribution in [0.5, 0.6) is 0 Å². The first-order chi connectivity index (χ1) is 9.06. The summed E-state index contributed by atoms with van der Waals surface area (Å²) in [5.74, 6) is 2.85. The van der Waals surface area contributed by atoms with E-state index in [0.29, 0.717) is 6.04 Å². The summed E-state index contributed by atoms with van der Waals surface area (Å²) in [5.41, 5.74) is 2.03. The molecular weight excluding hydrogens is 258 g/mol. The number of aryl methyl sites for hydroxylation is 2. The maximum atomic E-state index is 6.30. The third-order valence-electron chi connectivity index (χ3n) is 5.29. The maximum absolute atomic E-state index is 6.30. The number of hydrogen-bond acceptors (Lipinski definition) is 2. The molecule has 2 fully saturated rings. The van der Waals surface area contributed by atoms with Crippen LogP contribution in [0.3, 0.4) is 0 Å². The van der Waals surface area contributed by atoms with E-state index in [1.54, 1.807) is 0 Å². The second-order valence-corrected chi connectivity index (χ2v) is 6.86. The standard InChI is InChI=1S/C15H24ClN3/c1-9(13-7-11-4-5-12(13)6-11)17-8-14-15(16)10(2)18-19(14)3/h9,11-13,17H,4-8H2,1-3H3. The summed E-state index contributed by atoms with van der Waals surface area (Å²) < 4.78 is 1.90. The van der Waals surface area contributed by atoms with Crippen LogP contribution in [-0.4, -0.2) is 15.8 Å². The first kappa shape index (κ1) is 13.4. The highest BCUT2D eigenvalue weighted by Crippen LogP contribution is 2.49. The molecule has 2 bridgehead atoms. The molecule has 1 N–H and O–H groups in total. The minimum atomic E-state index is 0.585. The van der Waals surface area contributed by atoms with E-state index in [0.717, 1.165) is 40.7 Å². The molecule has 4 atom stereocenters. The van der Waals surface area contributed by atoms with Crippen molar-refractivity contribution in [3.05, 3.63) is 16.4 Å². The van der Waals surface area contributed by atoms with Gasteiger partial charge in [-0.1, -0.05) is 18.0 Å². The van der Waals surface area contributed by atoms with Gasteiger partial charge in [-0.2, -0.15) is 5.10 Å². The zero-order valence-electron chi connectivity index (χ0n) is 12.1. The van der Waals surface area contributed by atoms with Gasteiger partial charge in [0.15, 0.2) is 0 Å². The Hall–Kier alpha value is -0.540. The molecule has 4 heteroatoms. The molecule has 0 aliphatic heterocycles. The summed E-state index contributed by atoms with van der Waals surface area (Å²) in [6.45, 7) is 5.12. The lowest BCUT2D eigenvalue weighted by Gasteiger charge is -2.28. The molecule has 0 amide bonds. The highest BCUT2D eigenvalue weighted by atomic mass is 35.5. The molecule has 4 unspecified atom stereocenters. The van der Waals surface area contributed by atoms with Gasteiger partial charge < -0.3 is 5.32 Å². The van der Waals surface area contributed by atoms with Gasteiger partial charge in [0.25, 0.3) is 0 Å². The fourth-order valence-electron chi connectivity index (χ4n) is 4.19. The normalized spacial score (nSPS) is 31.1. The number of aromatic nitrogens is 2. The lowest BCUT2D eigenvalue weighted by Crippen LogP contribution is -2.36. The third-order valence-corrected chi connectivity index (χ3v) is 5.78. The van der Waals surface area contributed by atoms with Gasteiger partial charge in [0.2, 0.25) is 0 Å². The lowest BCUT2D eigenvalue weighted by atomic mass is 9.84. The Morgan fingerprint density at radius 1 is 1.42 bits per heavy atom. The second-order valence-electron chi connectivity index (χ2n) is 6.48. The Morgan fingerprint density at radius 3 is 2.74 bits per heavy atom. The summed E-state index contributed by atoms with van der Waals surface area (Å²) in [5, 5.41) is 8.86. The highest BCUT2D eigenvalue weighted by Gasteiger charge is 2.41. The minimum Gasteiger partial charge on any atom is -0.308 e. The average molecular weight is 282 g/mol. The third kappa shape index (κ3) is 2.43. The van der Waals surface area contributed by atoms with Gasteiger partial charge in [-0.25, -0.2) is 0 Å². The van der Waals surface area contributed by atoms with E-state index in [4.69, 9.17) is 11.6 Å². The Labute approximate surface area is 120 Å². The van der Waals surface area contributed by atoms with Crippen LogP contribution < -0.4 is 5.32 Å². The van der Waals surface area contributed by atoms with E-state index in [9.17, 15) is 0 Å². The number of rotatable bonds is 4. The van der Waals surface area contributed by atoms with E-state index < -0.39 is 0 Å². The zero-order valence-corrected chi connectivity index (χ0v) is 12.9. The molecule has 19 heavy (non-hydrogen) atoms. The van der Waals surface area contributed by atoms with E-state index in [1.165, 1.54) is 25.7 Å². The fraction of sp³-hybridized carbons (Fsp3) is 0.800. The molecule has 106 valence electrons. The Kier molecular flexibility index (Phi) is 3.61. The molecule has 1 heterocycles. The van der Waals surface area contributed by atoms with Crippen LogP contribution in [0.15, 0.2) is 0 Å². The summed E-state index contributed by atoms with van der Waals surface area (Å²) in [4.78, 5) is 0. The van der Waals surface area contributed by atoms with Crippen LogP contribution >= 0.6 is 11.6 Å². The predicted octanol–water partition coefficient (Wildman–Crippen LogP) is 3.30. The molecule has 1 aromatic heterocycles. The molecular formula is C15H24ClN3. The topological polar surface area (TPSA) is 29.9 Å². The molecule has 0 radical (unpaired) electrons. The highest BCUT2D eigenvalue weighted by molar-refractivity contribution is 6.31. The van der Waals surface area contributed by atoms with Crippen molar-refractivity contribution in [3.63, 3.8) is 0 Å². The van der Waals surface area contributed by atoms with Crippen molar-refractivity contribution in [1.29, 1.82) is 0 Å². The Bertz CT molecular complexity index is 468. The van der Waals surface area contributed by atoms with Gasteiger partial charge in [0, 0.05) is 19.6 Å². The van der Waals surface area contributed by atoms with Crippen LogP contribution in [0.1, 0.15) is 44.0 Å². The van der Waals surface area contributed by atoms with Crippen molar-refractivity contribution < 1.29 is 0 Å². The van der Waals surface area contributed by atoms with E-state index in [1.807, 2.05) is 18.7 Å². The van der Waals surface area contributed by atoms with Gasteiger partial charge in [0.1, 0.15) is 0 Å². The molecule has 0 saturated heterocycles. The van der Waals surface area contributed by atoms with Crippen LogP contribution in [0.2, 0.25) is 5.02 Å². The van der Waals surface area contributed by atoms with Crippen molar-refractivity contribution in [2.75, 3.05) is 0 Å². The molecule has 2 saturated carbocycles. The second kappa shape index (κ2) is 5.10. The van der Waals surface area contributed by atoms with Gasteiger partial charge in [0.05, 0.1) is 16.4 Å². The molecule has 3 rings (SSSR count). The van der Waals surface area contributed by atoms with Gasteiger partial charge in [-0.05, 0) is 50.9 Å². The number of fused-ring (bicyclic) bond motifs is 2. The Balaban J connectivity index is 1.60. The summed E-state index contributed by atoms with van der Waals surface area (Å²) >= 11 is 6.30. The summed E-state index contributed by atoms with van der Waals surface area (Å²) in [7, 11) is 1.97. The Morgan fingerprint density at radius 2 is 2.21 bits per heavy atom. The molecule has 3 nitrogen and oxygen atoms in total. The van der Waals surface area contributed by atoms with E-state index in [2.05, 4.69) is 17.3 Å². The largest absolute Gasteiger partial charge is 0.308 e. The van der Waals surface area contributed by atoms with Gasteiger partial charge >= 0.3 is 0 Å². The van der Waals surface area contributed by atoms with Crippen LogP contribution in [0.25, 0.3) is 0 Å². The molecule has 1 aromatic rings. The molecule has 0 aromatic carbocycles. The summed E-state index contributed by atoms with van der Waals surface area (Å²) in [6.07, 6.45) is 5.83. The quantitative estimate of drug-likeness (QED) is 0.918. The predicted molar refractivity (Wildman–Crippen MR) is 78.2 cm³/mol. The van der Waals surface area contributed by atoms with Crippen molar-refractivity contribution in [2.45, 2.75) is 52.1 Å². The first-order valence-electron chi connectivity index (χ1n) is 7.47. The maximum Gasteiger partial charge on any atom is 0.0860 e. The number of nitrogens with one attached hydrogen (secondary N) is 1. The van der Waals surface area contributed by atoms with Crippen LogP contribution in [0.4, 0.5) is 0 Å². The molecule has 2 aliphatic carbocycles. The zero-order chi connectivity index (χ0) is 13.6. The number of hydrogen-bond donors (Lipinski definition) is 1. The SMILES string of the molecule is Cc1nn(C)c(CNC(C)C2CC3CCC2C3)c1Cl. The van der Waals surface area contributed by atoms with E-state index in [-0.39, 0.29) is 0 Å². The molecule has 2 aliphatic rings. The lowest BCUT2D eigenvalue weighted by molar-refractivity contribution is 0.258. The number of nitrogens with zero attached hydrogens (tertiary/aromatic N) is 2. The van der Waals surface area contributed by atoms with Crippen molar-refractivity contribution >= 4 is 11.6 Å². The van der Waals surface area contributed by atoms with Crippen LogP contribution in [-0.2, 0) is 13.6 Å². The average Bonchev–Trinajstić information content (AvgIpc) is 3.05. The van der Waals surface area contributed by atoms with Gasteiger partial charge in [-0.15, -0.1) is 0 Å². The van der Waals surface area contributed by atoms with Gasteiger partial charge in [-0.3, -0.25) is 4.68 Å². The van der Waals surface area contributed by atoms with Crippen molar-refractivity contribution in [1.82, 2.24) is 15.1 Å².